The van der Waals surface area contributed by atoms with Gasteiger partial charge < -0.3 is 9.64 Å². The molecule has 6 nitrogen and oxygen atoms in total. The molecular formula is C9H13N3O3. The first-order chi connectivity index (χ1) is 7.13. The van der Waals surface area contributed by atoms with E-state index in [-0.39, 0.29) is 18.4 Å². The first-order valence-corrected chi connectivity index (χ1v) is 4.94. The molecule has 0 aromatic carbocycles. The number of likely N-dealkylation sites (tertiary alicyclic amines) is 1. The third-order valence-corrected chi connectivity index (χ3v) is 2.87. The van der Waals surface area contributed by atoms with Crippen molar-refractivity contribution >= 4 is 11.9 Å². The summed E-state index contributed by atoms with van der Waals surface area (Å²) >= 11 is 0. The van der Waals surface area contributed by atoms with Crippen LogP contribution in [0.5, 0.6) is 0 Å². The Bertz CT molecular complexity index is 341. The summed E-state index contributed by atoms with van der Waals surface area (Å²) < 4.78 is 4.91. The number of ether oxygens (including phenoxy) is 1. The van der Waals surface area contributed by atoms with Gasteiger partial charge in [-0.15, -0.1) is 0 Å². The molecule has 0 bridgehead atoms. The van der Waals surface area contributed by atoms with E-state index in [0.717, 1.165) is 0 Å². The molecule has 0 saturated carbocycles. The van der Waals surface area contributed by atoms with Gasteiger partial charge in [-0.05, 0) is 6.92 Å². The van der Waals surface area contributed by atoms with Crippen LogP contribution < -0.4 is 0 Å². The first kappa shape index (κ1) is 10.1. The Hall–Kier alpha value is -1.46. The van der Waals surface area contributed by atoms with Crippen molar-refractivity contribution in [3.63, 3.8) is 0 Å². The van der Waals surface area contributed by atoms with E-state index in [9.17, 15) is 9.59 Å². The number of likely N-dealkylation sites (N-methyl/N-ethyl adjacent to an activating group) is 1. The van der Waals surface area contributed by atoms with Crippen LogP contribution >= 0.6 is 0 Å². The lowest BCUT2D eigenvalue weighted by atomic mass is 9.88. The molecule has 1 fully saturated rings. The Labute approximate surface area is 87.3 Å². The molecular weight excluding hydrogens is 198 g/mol. The standard InChI is InChI=1S/C9H13N3O3/c1-3-15-8(14)9-6(4-10-11-9)5-12(2)7(9)13/h6H,3-5H2,1-2H3. The second-order valence-electron chi connectivity index (χ2n) is 3.79. The fourth-order valence-corrected chi connectivity index (χ4v) is 2.11. The van der Waals surface area contributed by atoms with Crippen molar-refractivity contribution < 1.29 is 14.3 Å². The molecule has 2 aliphatic rings. The highest BCUT2D eigenvalue weighted by atomic mass is 16.5. The fraction of sp³-hybridized carbons (Fsp3) is 0.778. The number of rotatable bonds is 2. The second kappa shape index (κ2) is 3.29. The van der Waals surface area contributed by atoms with Gasteiger partial charge in [-0.1, -0.05) is 0 Å². The third kappa shape index (κ3) is 1.17. The van der Waals surface area contributed by atoms with Crippen LogP contribution in [-0.2, 0) is 14.3 Å². The van der Waals surface area contributed by atoms with Gasteiger partial charge in [0.2, 0.25) is 0 Å². The van der Waals surface area contributed by atoms with E-state index in [2.05, 4.69) is 10.2 Å². The Morgan fingerprint density at radius 1 is 1.73 bits per heavy atom. The van der Waals surface area contributed by atoms with Gasteiger partial charge in [0.15, 0.2) is 0 Å². The van der Waals surface area contributed by atoms with Crippen molar-refractivity contribution in [3.8, 4) is 0 Å². The summed E-state index contributed by atoms with van der Waals surface area (Å²) in [6.45, 7) is 2.90. The highest BCUT2D eigenvalue weighted by Crippen LogP contribution is 2.37. The SMILES string of the molecule is CCOC(=O)C12N=NCC1CN(C)C2=O. The van der Waals surface area contributed by atoms with E-state index in [1.807, 2.05) is 0 Å². The van der Waals surface area contributed by atoms with E-state index in [1.165, 1.54) is 4.90 Å². The minimum Gasteiger partial charge on any atom is -0.464 e. The average Bonchev–Trinajstić information content (AvgIpc) is 2.69. The molecule has 0 N–H and O–H groups in total. The Morgan fingerprint density at radius 2 is 2.47 bits per heavy atom. The molecule has 2 atom stereocenters. The zero-order valence-corrected chi connectivity index (χ0v) is 8.77. The summed E-state index contributed by atoms with van der Waals surface area (Å²) in [5.74, 6) is -1.02. The van der Waals surface area contributed by atoms with Gasteiger partial charge in [-0.25, -0.2) is 4.79 Å². The lowest BCUT2D eigenvalue weighted by Crippen LogP contribution is -2.48. The van der Waals surface area contributed by atoms with Crippen molar-refractivity contribution in [2.45, 2.75) is 12.5 Å². The van der Waals surface area contributed by atoms with Crippen LogP contribution in [0.15, 0.2) is 10.2 Å². The lowest BCUT2D eigenvalue weighted by Gasteiger charge is -2.19. The Balaban J connectivity index is 2.34. The molecule has 15 heavy (non-hydrogen) atoms. The molecule has 0 spiro atoms. The normalized spacial score (nSPS) is 33.3. The van der Waals surface area contributed by atoms with Crippen LogP contribution in [0.4, 0.5) is 0 Å². The average molecular weight is 211 g/mol. The van der Waals surface area contributed by atoms with Gasteiger partial charge in [0, 0.05) is 19.5 Å². The van der Waals surface area contributed by atoms with Gasteiger partial charge in [0.1, 0.15) is 0 Å². The molecule has 1 saturated heterocycles. The van der Waals surface area contributed by atoms with Crippen molar-refractivity contribution in [1.29, 1.82) is 0 Å². The van der Waals surface area contributed by atoms with E-state index >= 15 is 0 Å². The maximum Gasteiger partial charge on any atom is 0.346 e. The molecule has 2 unspecified atom stereocenters. The number of carbonyl (C=O) groups is 2. The molecule has 0 aromatic rings. The summed E-state index contributed by atoms with van der Waals surface area (Å²) in [5, 5.41) is 7.64. The number of hydrogen-bond donors (Lipinski definition) is 0. The van der Waals surface area contributed by atoms with E-state index in [0.29, 0.717) is 13.1 Å². The molecule has 82 valence electrons. The third-order valence-electron chi connectivity index (χ3n) is 2.87. The highest BCUT2D eigenvalue weighted by molar-refractivity contribution is 6.09. The Kier molecular flexibility index (Phi) is 2.21. The van der Waals surface area contributed by atoms with Crippen molar-refractivity contribution in [3.05, 3.63) is 0 Å². The monoisotopic (exact) mass is 211 g/mol. The zero-order valence-electron chi connectivity index (χ0n) is 8.77. The predicted octanol–water partition coefficient (Wildman–Crippen LogP) is -0.158. The maximum absolute atomic E-state index is 11.9. The molecule has 2 aliphatic heterocycles. The highest BCUT2D eigenvalue weighted by Gasteiger charge is 2.62. The first-order valence-electron chi connectivity index (χ1n) is 4.94. The number of hydrogen-bond acceptors (Lipinski definition) is 5. The fourth-order valence-electron chi connectivity index (χ4n) is 2.11. The van der Waals surface area contributed by atoms with Crippen molar-refractivity contribution in [2.24, 2.45) is 16.1 Å². The smallest absolute Gasteiger partial charge is 0.346 e. The van der Waals surface area contributed by atoms with Crippen LogP contribution in [0.3, 0.4) is 0 Å². The van der Waals surface area contributed by atoms with E-state index < -0.39 is 11.5 Å². The van der Waals surface area contributed by atoms with Crippen LogP contribution in [0, 0.1) is 5.92 Å². The van der Waals surface area contributed by atoms with Crippen molar-refractivity contribution in [1.82, 2.24) is 4.90 Å². The van der Waals surface area contributed by atoms with Gasteiger partial charge >= 0.3 is 5.97 Å². The largest absolute Gasteiger partial charge is 0.464 e. The van der Waals surface area contributed by atoms with Gasteiger partial charge in [-0.3, -0.25) is 4.79 Å². The van der Waals surface area contributed by atoms with Crippen molar-refractivity contribution in [2.75, 3.05) is 26.7 Å². The summed E-state index contributed by atoms with van der Waals surface area (Å²) in [6, 6.07) is 0. The number of nitrogens with zero attached hydrogens (tertiary/aromatic N) is 3. The van der Waals surface area contributed by atoms with E-state index in [4.69, 9.17) is 4.74 Å². The van der Waals surface area contributed by atoms with Gasteiger partial charge in [-0.2, -0.15) is 10.2 Å². The molecule has 2 heterocycles. The summed E-state index contributed by atoms with van der Waals surface area (Å²) in [4.78, 5) is 25.2. The molecule has 1 amide bonds. The number of esters is 1. The molecule has 6 heteroatoms. The molecule has 0 aliphatic carbocycles. The lowest BCUT2D eigenvalue weighted by molar-refractivity contribution is -0.154. The topological polar surface area (TPSA) is 71.3 Å². The number of fused-ring (bicyclic) bond motifs is 1. The minimum atomic E-state index is -1.37. The molecule has 2 rings (SSSR count). The van der Waals surface area contributed by atoms with E-state index in [1.54, 1.807) is 14.0 Å². The summed E-state index contributed by atoms with van der Waals surface area (Å²) in [7, 11) is 1.66. The number of amides is 1. The summed E-state index contributed by atoms with van der Waals surface area (Å²) in [5.41, 5.74) is -1.37. The van der Waals surface area contributed by atoms with Gasteiger partial charge in [0.25, 0.3) is 11.4 Å². The molecule has 0 aromatic heterocycles. The van der Waals surface area contributed by atoms with Crippen LogP contribution in [0.25, 0.3) is 0 Å². The predicted molar refractivity (Wildman–Crippen MR) is 50.2 cm³/mol. The van der Waals surface area contributed by atoms with Crippen LogP contribution in [-0.4, -0.2) is 49.1 Å². The summed E-state index contributed by atoms with van der Waals surface area (Å²) in [6.07, 6.45) is 0. The van der Waals surface area contributed by atoms with Crippen LogP contribution in [0.1, 0.15) is 6.92 Å². The number of azo groups is 1. The quantitative estimate of drug-likeness (QED) is 0.470. The number of carbonyl (C=O) groups excluding carboxylic acids is 2. The Morgan fingerprint density at radius 3 is 3.13 bits per heavy atom. The van der Waals surface area contributed by atoms with Crippen LogP contribution in [0.2, 0.25) is 0 Å². The second-order valence-corrected chi connectivity index (χ2v) is 3.79. The molecule has 0 radical (unpaired) electrons. The van der Waals surface area contributed by atoms with Gasteiger partial charge in [0.05, 0.1) is 13.2 Å². The maximum atomic E-state index is 11.9. The minimum absolute atomic E-state index is 0.158. The zero-order chi connectivity index (χ0) is 11.1.